The summed E-state index contributed by atoms with van der Waals surface area (Å²) in [4.78, 5) is 2.52. The smallest absolute Gasteiger partial charge is 0.0239 e. The van der Waals surface area contributed by atoms with Gasteiger partial charge in [0.05, 0.1) is 0 Å². The third-order valence-corrected chi connectivity index (χ3v) is 3.15. The molecule has 0 aliphatic heterocycles. The predicted octanol–water partition coefficient (Wildman–Crippen LogP) is 2.81. The van der Waals surface area contributed by atoms with Crippen LogP contribution in [0.15, 0.2) is 24.3 Å². The summed E-state index contributed by atoms with van der Waals surface area (Å²) in [5.74, 6) is 0. The zero-order valence-corrected chi connectivity index (χ0v) is 11.4. The van der Waals surface area contributed by atoms with Gasteiger partial charge in [0.25, 0.3) is 0 Å². The fraction of sp³-hybridized carbons (Fsp3) is 0.600. The summed E-state index contributed by atoms with van der Waals surface area (Å²) in [5, 5.41) is 0. The third-order valence-electron chi connectivity index (χ3n) is 3.15. The Morgan fingerprint density at radius 3 is 2.35 bits per heavy atom. The quantitative estimate of drug-likeness (QED) is 0.786. The molecule has 2 nitrogen and oxygen atoms in total. The zero-order chi connectivity index (χ0) is 12.7. The van der Waals surface area contributed by atoms with E-state index in [1.54, 1.807) is 0 Å². The zero-order valence-electron chi connectivity index (χ0n) is 11.4. The van der Waals surface area contributed by atoms with Gasteiger partial charge in [-0.2, -0.15) is 0 Å². The molecule has 0 fully saturated rings. The minimum atomic E-state index is 0.598. The molecular weight excluding hydrogens is 208 g/mol. The largest absolute Gasteiger partial charge is 0.330 e. The molecule has 0 saturated heterocycles. The van der Waals surface area contributed by atoms with Crippen LogP contribution in [0.4, 0.5) is 0 Å². The molecule has 0 heterocycles. The maximum absolute atomic E-state index is 5.67. The Kier molecular flexibility index (Phi) is 6.23. The second-order valence-electron chi connectivity index (χ2n) is 4.87. The second-order valence-corrected chi connectivity index (χ2v) is 4.87. The molecule has 0 amide bonds. The minimum Gasteiger partial charge on any atom is -0.330 e. The van der Waals surface area contributed by atoms with Crippen molar-refractivity contribution in [2.24, 2.45) is 5.73 Å². The molecule has 0 atom stereocenters. The van der Waals surface area contributed by atoms with Gasteiger partial charge in [0.2, 0.25) is 0 Å². The molecule has 1 rings (SSSR count). The molecule has 0 aromatic heterocycles. The number of benzene rings is 1. The van der Waals surface area contributed by atoms with Gasteiger partial charge < -0.3 is 5.73 Å². The molecule has 0 saturated carbocycles. The van der Waals surface area contributed by atoms with Gasteiger partial charge in [0, 0.05) is 12.6 Å². The number of hydrogen-bond donors (Lipinski definition) is 1. The van der Waals surface area contributed by atoms with Gasteiger partial charge in [-0.1, -0.05) is 31.2 Å². The predicted molar refractivity (Wildman–Crippen MR) is 75.0 cm³/mol. The molecule has 0 spiro atoms. The van der Waals surface area contributed by atoms with Crippen molar-refractivity contribution in [3.05, 3.63) is 35.4 Å². The lowest BCUT2D eigenvalue weighted by Crippen LogP contribution is -2.31. The van der Waals surface area contributed by atoms with E-state index in [9.17, 15) is 0 Å². The molecule has 17 heavy (non-hydrogen) atoms. The average Bonchev–Trinajstić information content (AvgIpc) is 2.31. The van der Waals surface area contributed by atoms with Gasteiger partial charge >= 0.3 is 0 Å². The van der Waals surface area contributed by atoms with Crippen LogP contribution in [-0.4, -0.2) is 24.0 Å². The molecule has 0 aliphatic rings. The molecular formula is C15H26N2. The van der Waals surface area contributed by atoms with E-state index in [2.05, 4.69) is 49.9 Å². The average molecular weight is 234 g/mol. The highest BCUT2D eigenvalue weighted by atomic mass is 15.1. The Labute approximate surface area is 106 Å². The van der Waals surface area contributed by atoms with Crippen molar-refractivity contribution < 1.29 is 0 Å². The van der Waals surface area contributed by atoms with Crippen LogP contribution in [0, 0.1) is 0 Å². The summed E-state index contributed by atoms with van der Waals surface area (Å²) in [6.07, 6.45) is 2.19. The lowest BCUT2D eigenvalue weighted by Gasteiger charge is -2.27. The fourth-order valence-electron chi connectivity index (χ4n) is 2.14. The summed E-state index contributed by atoms with van der Waals surface area (Å²) in [5.41, 5.74) is 8.50. The van der Waals surface area contributed by atoms with Crippen LogP contribution in [0.2, 0.25) is 0 Å². The maximum atomic E-state index is 5.67. The van der Waals surface area contributed by atoms with E-state index in [-0.39, 0.29) is 0 Å². The Balaban J connectivity index is 2.77. The first kappa shape index (κ1) is 14.2. The van der Waals surface area contributed by atoms with Gasteiger partial charge in [0.15, 0.2) is 0 Å². The Hall–Kier alpha value is -0.860. The van der Waals surface area contributed by atoms with Crippen molar-refractivity contribution in [2.45, 2.75) is 46.2 Å². The van der Waals surface area contributed by atoms with Gasteiger partial charge in [-0.25, -0.2) is 0 Å². The SMILES string of the molecule is CCCN(Cc1ccccc1CCN)C(C)C. The Morgan fingerprint density at radius 1 is 1.18 bits per heavy atom. The van der Waals surface area contributed by atoms with Crippen molar-refractivity contribution in [1.82, 2.24) is 4.90 Å². The van der Waals surface area contributed by atoms with E-state index in [4.69, 9.17) is 5.73 Å². The van der Waals surface area contributed by atoms with Crippen LogP contribution in [0.25, 0.3) is 0 Å². The first-order valence-corrected chi connectivity index (χ1v) is 6.70. The highest BCUT2D eigenvalue weighted by Gasteiger charge is 2.10. The first-order chi connectivity index (χ1) is 8.19. The van der Waals surface area contributed by atoms with E-state index in [1.807, 2.05) is 0 Å². The summed E-state index contributed by atoms with van der Waals surface area (Å²) < 4.78 is 0. The van der Waals surface area contributed by atoms with E-state index < -0.39 is 0 Å². The second kappa shape index (κ2) is 7.46. The van der Waals surface area contributed by atoms with Crippen molar-refractivity contribution in [1.29, 1.82) is 0 Å². The molecule has 1 aromatic carbocycles. The summed E-state index contributed by atoms with van der Waals surface area (Å²) >= 11 is 0. The van der Waals surface area contributed by atoms with Gasteiger partial charge in [-0.05, 0) is 50.9 Å². The van der Waals surface area contributed by atoms with Gasteiger partial charge in [-0.15, -0.1) is 0 Å². The normalized spacial score (nSPS) is 11.4. The standard InChI is InChI=1S/C15H26N2/c1-4-11-17(13(2)3)12-15-8-6-5-7-14(15)9-10-16/h5-8,13H,4,9-12,16H2,1-3H3. The Bertz CT molecular complexity index is 320. The van der Waals surface area contributed by atoms with E-state index >= 15 is 0 Å². The topological polar surface area (TPSA) is 29.3 Å². The van der Waals surface area contributed by atoms with Crippen molar-refractivity contribution in [2.75, 3.05) is 13.1 Å². The molecule has 0 bridgehead atoms. The number of rotatable bonds is 7. The molecule has 0 unspecified atom stereocenters. The minimum absolute atomic E-state index is 0.598. The lowest BCUT2D eigenvalue weighted by molar-refractivity contribution is 0.213. The van der Waals surface area contributed by atoms with Gasteiger partial charge in [0.1, 0.15) is 0 Å². The van der Waals surface area contributed by atoms with Crippen LogP contribution < -0.4 is 5.73 Å². The maximum Gasteiger partial charge on any atom is 0.0239 e. The number of nitrogens with two attached hydrogens (primary N) is 1. The molecule has 0 aliphatic carbocycles. The van der Waals surface area contributed by atoms with Crippen LogP contribution in [0.3, 0.4) is 0 Å². The lowest BCUT2D eigenvalue weighted by atomic mass is 10.0. The summed E-state index contributed by atoms with van der Waals surface area (Å²) in [6, 6.07) is 9.26. The third kappa shape index (κ3) is 4.49. The van der Waals surface area contributed by atoms with Crippen molar-refractivity contribution >= 4 is 0 Å². The van der Waals surface area contributed by atoms with Crippen LogP contribution in [0.1, 0.15) is 38.3 Å². The van der Waals surface area contributed by atoms with Gasteiger partial charge in [-0.3, -0.25) is 4.90 Å². The number of hydrogen-bond acceptors (Lipinski definition) is 2. The molecule has 2 N–H and O–H groups in total. The monoisotopic (exact) mass is 234 g/mol. The van der Waals surface area contributed by atoms with Crippen molar-refractivity contribution in [3.8, 4) is 0 Å². The van der Waals surface area contributed by atoms with Crippen LogP contribution >= 0.6 is 0 Å². The molecule has 1 aromatic rings. The molecule has 2 heteroatoms. The highest BCUT2D eigenvalue weighted by Crippen LogP contribution is 2.14. The van der Waals surface area contributed by atoms with Crippen LogP contribution in [-0.2, 0) is 13.0 Å². The van der Waals surface area contributed by atoms with E-state index in [1.165, 1.54) is 17.5 Å². The fourth-order valence-corrected chi connectivity index (χ4v) is 2.14. The van der Waals surface area contributed by atoms with Crippen LogP contribution in [0.5, 0.6) is 0 Å². The molecule has 96 valence electrons. The highest BCUT2D eigenvalue weighted by molar-refractivity contribution is 5.27. The summed E-state index contributed by atoms with van der Waals surface area (Å²) in [7, 11) is 0. The Morgan fingerprint density at radius 2 is 1.82 bits per heavy atom. The number of nitrogens with zero attached hydrogens (tertiary/aromatic N) is 1. The van der Waals surface area contributed by atoms with E-state index in [0.29, 0.717) is 6.04 Å². The van der Waals surface area contributed by atoms with Crippen molar-refractivity contribution in [3.63, 3.8) is 0 Å². The summed E-state index contributed by atoms with van der Waals surface area (Å²) in [6.45, 7) is 9.70. The molecule has 0 radical (unpaired) electrons. The first-order valence-electron chi connectivity index (χ1n) is 6.70. The van der Waals surface area contributed by atoms with E-state index in [0.717, 1.165) is 26.1 Å².